The Morgan fingerprint density at radius 3 is 2.21 bits per heavy atom. The first-order chi connectivity index (χ1) is 13.8. The minimum atomic E-state index is -0.536. The van der Waals surface area contributed by atoms with E-state index in [1.54, 1.807) is 0 Å². The summed E-state index contributed by atoms with van der Waals surface area (Å²) >= 11 is -0.536. The van der Waals surface area contributed by atoms with Crippen molar-refractivity contribution in [2.75, 3.05) is 17.3 Å². The fourth-order valence-corrected chi connectivity index (χ4v) is 3.97. The Morgan fingerprint density at radius 2 is 1.76 bits per heavy atom. The number of methoxy groups -OCH3 is 1. The number of hydrogen-bond donors (Lipinski definition) is 2. The number of carbonyl (C=O) groups is 1. The van der Waals surface area contributed by atoms with Crippen molar-refractivity contribution < 1.29 is 13.0 Å². The van der Waals surface area contributed by atoms with Crippen molar-refractivity contribution in [3.05, 3.63) is 65.7 Å². The average molecular weight is 513 g/mol. The monoisotopic (exact) mass is 513 g/mol. The molecule has 0 saturated heterocycles. The van der Waals surface area contributed by atoms with Crippen LogP contribution in [0, 0.1) is 20.8 Å². The Balaban J connectivity index is 0.000000841. The number of anilines is 1. The molecule has 0 fully saturated rings. The van der Waals surface area contributed by atoms with Crippen LogP contribution in [0.3, 0.4) is 0 Å². The maximum Gasteiger partial charge on any atom is 0.310 e. The number of nitrogen functional groups attached to an aromatic ring is 1. The molecule has 0 aliphatic heterocycles. The first-order valence-corrected chi connectivity index (χ1v) is 12.3. The zero-order chi connectivity index (χ0) is 22.4. The maximum atomic E-state index is 11.7. The Bertz CT molecular complexity index is 754. The summed E-state index contributed by atoms with van der Waals surface area (Å²) in [5.74, 6) is -0.253. The van der Waals surface area contributed by atoms with Gasteiger partial charge in [-0.1, -0.05) is 29.8 Å². The fourth-order valence-electron chi connectivity index (χ4n) is 2.78. The number of hydrogen-bond acceptors (Lipinski definition) is 4. The number of carbonyl (C=O) groups excluding carboxylic acids is 1. The van der Waals surface area contributed by atoms with Gasteiger partial charge in [0.25, 0.3) is 0 Å². The van der Waals surface area contributed by atoms with Gasteiger partial charge in [-0.2, -0.15) is 0 Å². The molecule has 0 saturated carbocycles. The van der Waals surface area contributed by atoms with Crippen LogP contribution in [0.4, 0.5) is 5.69 Å². The van der Waals surface area contributed by atoms with Crippen LogP contribution in [-0.2, 0) is 16.0 Å². The van der Waals surface area contributed by atoms with E-state index < -0.39 is 21.6 Å². The van der Waals surface area contributed by atoms with Crippen LogP contribution >= 0.6 is 21.6 Å². The largest absolute Gasteiger partial charge is 0.469 e. The van der Waals surface area contributed by atoms with Gasteiger partial charge in [-0.05, 0) is 54.7 Å². The van der Waals surface area contributed by atoms with Crippen molar-refractivity contribution in [1.82, 2.24) is 0 Å². The van der Waals surface area contributed by atoms with E-state index in [2.05, 4.69) is 51.3 Å². The predicted octanol–water partition coefficient (Wildman–Crippen LogP) is 5.78. The molecule has 0 radical (unpaired) electrons. The summed E-state index contributed by atoms with van der Waals surface area (Å²) in [7, 11) is 1.41. The molecule has 0 aliphatic carbocycles. The molecule has 0 bridgehead atoms. The molecule has 0 amide bonds. The van der Waals surface area contributed by atoms with Gasteiger partial charge in [0, 0.05) is 5.69 Å². The number of rotatable bonds is 6. The molecule has 0 spiro atoms. The molecule has 5 heteroatoms. The minimum Gasteiger partial charge on any atom is -0.469 e. The summed E-state index contributed by atoms with van der Waals surface area (Å²) in [6.45, 7) is 14.2. The standard InChI is InChI=1S/C18H21NO2.C4H11IO.C2H4/c1-11-5-7-14(8-6-11)18-12(2)9-16(19)13(3)15(18)10-17(20)21-4;1-2-3-4-5-6;1-2/h5-9H,10,19H2,1-4H3;5-6H,2-4H2,1H3;1-2H2. The first kappa shape index (κ1) is 27.1. The van der Waals surface area contributed by atoms with Crippen molar-refractivity contribution >= 4 is 33.3 Å². The maximum absolute atomic E-state index is 11.7. The first-order valence-electron chi connectivity index (χ1n) is 9.64. The summed E-state index contributed by atoms with van der Waals surface area (Å²) in [4.78, 5) is 11.7. The number of unbranched alkanes of at least 4 members (excludes halogenated alkanes) is 1. The van der Waals surface area contributed by atoms with Gasteiger partial charge >= 0.3 is 55.2 Å². The molecule has 2 rings (SSSR count). The Hall–Kier alpha value is -1.86. The zero-order valence-corrected chi connectivity index (χ0v) is 20.7. The normalized spacial score (nSPS) is 9.72. The summed E-state index contributed by atoms with van der Waals surface area (Å²) in [5, 5.41) is 0. The van der Waals surface area contributed by atoms with E-state index in [0.717, 1.165) is 32.2 Å². The van der Waals surface area contributed by atoms with Gasteiger partial charge in [-0.25, -0.2) is 0 Å². The third kappa shape index (κ3) is 9.00. The molecule has 162 valence electrons. The average Bonchev–Trinajstić information content (AvgIpc) is 2.73. The molecular weight excluding hydrogens is 477 g/mol. The van der Waals surface area contributed by atoms with Crippen LogP contribution < -0.4 is 5.73 Å². The van der Waals surface area contributed by atoms with Crippen LogP contribution in [0.1, 0.15) is 42.0 Å². The summed E-state index contributed by atoms with van der Waals surface area (Å²) in [6, 6.07) is 10.3. The molecule has 29 heavy (non-hydrogen) atoms. The van der Waals surface area contributed by atoms with Gasteiger partial charge in [-0.3, -0.25) is 4.79 Å². The number of nitrogens with two attached hydrogens (primary N) is 1. The number of benzene rings is 2. The Morgan fingerprint density at radius 1 is 1.17 bits per heavy atom. The second-order valence-electron chi connectivity index (χ2n) is 6.57. The van der Waals surface area contributed by atoms with Crippen LogP contribution in [0.15, 0.2) is 43.5 Å². The van der Waals surface area contributed by atoms with Gasteiger partial charge in [0.15, 0.2) is 0 Å². The molecule has 2 aromatic rings. The predicted molar refractivity (Wildman–Crippen MR) is 135 cm³/mol. The number of alkyl halides is 1. The van der Waals surface area contributed by atoms with E-state index in [1.165, 1.54) is 25.5 Å². The molecule has 0 atom stereocenters. The Labute approximate surface area is 187 Å². The second-order valence-corrected chi connectivity index (χ2v) is 8.47. The second kappa shape index (κ2) is 15.0. The van der Waals surface area contributed by atoms with Gasteiger partial charge in [0.2, 0.25) is 0 Å². The molecule has 0 heterocycles. The number of halogens is 1. The minimum absolute atomic E-state index is 0.234. The third-order valence-corrected chi connectivity index (χ3v) is 5.78. The molecule has 0 unspecified atom stereocenters. The van der Waals surface area contributed by atoms with Crippen molar-refractivity contribution in [1.29, 1.82) is 0 Å². The van der Waals surface area contributed by atoms with Gasteiger partial charge < -0.3 is 10.5 Å². The third-order valence-electron chi connectivity index (χ3n) is 4.43. The van der Waals surface area contributed by atoms with Crippen LogP contribution in [0.25, 0.3) is 11.1 Å². The van der Waals surface area contributed by atoms with Crippen LogP contribution in [0.2, 0.25) is 0 Å². The topological polar surface area (TPSA) is 72.5 Å². The smallest absolute Gasteiger partial charge is 0.310 e. The van der Waals surface area contributed by atoms with Gasteiger partial charge in [0.05, 0.1) is 13.5 Å². The molecule has 2 aromatic carbocycles. The summed E-state index contributed by atoms with van der Waals surface area (Å²) in [6.07, 6.45) is 2.68. The number of ether oxygens (including phenoxy) is 1. The summed E-state index contributed by atoms with van der Waals surface area (Å²) in [5.41, 5.74) is 13.1. The van der Waals surface area contributed by atoms with E-state index in [9.17, 15) is 4.79 Å². The molecule has 0 aliphatic rings. The van der Waals surface area contributed by atoms with E-state index in [1.807, 2.05) is 19.9 Å². The van der Waals surface area contributed by atoms with E-state index in [0.29, 0.717) is 5.69 Å². The molecule has 0 aromatic heterocycles. The van der Waals surface area contributed by atoms with Crippen molar-refractivity contribution in [3.63, 3.8) is 0 Å². The fraction of sp³-hybridized carbons (Fsp3) is 0.375. The van der Waals surface area contributed by atoms with E-state index >= 15 is 0 Å². The van der Waals surface area contributed by atoms with E-state index in [-0.39, 0.29) is 12.4 Å². The van der Waals surface area contributed by atoms with Crippen LogP contribution in [-0.4, -0.2) is 20.9 Å². The van der Waals surface area contributed by atoms with Crippen molar-refractivity contribution in [2.24, 2.45) is 0 Å². The number of aryl methyl sites for hydroxylation is 2. The quantitative estimate of drug-likeness (QED) is 0.128. The SMILES string of the molecule is C=C.CCCC[IH]O.COC(=O)Cc1c(C)c(N)cc(C)c1-c1ccc(C)cc1. The van der Waals surface area contributed by atoms with Gasteiger partial charge in [-0.15, -0.1) is 13.2 Å². The summed E-state index contributed by atoms with van der Waals surface area (Å²) < 4.78 is 14.2. The van der Waals surface area contributed by atoms with E-state index in [4.69, 9.17) is 13.9 Å². The van der Waals surface area contributed by atoms with Crippen molar-refractivity contribution in [3.8, 4) is 11.1 Å². The molecule has 3 N–H and O–H groups in total. The van der Waals surface area contributed by atoms with Crippen molar-refractivity contribution in [2.45, 2.75) is 47.0 Å². The number of esters is 1. The Kier molecular flexibility index (Phi) is 14.1. The van der Waals surface area contributed by atoms with Gasteiger partial charge in [0.1, 0.15) is 0 Å². The molecular formula is C24H36INO3. The van der Waals surface area contributed by atoms with Crippen LogP contribution in [0.5, 0.6) is 0 Å². The zero-order valence-electron chi connectivity index (χ0n) is 18.4. The molecule has 4 nitrogen and oxygen atoms in total.